The number of aromatic nitrogens is 2. The number of hydrogen-bond acceptors (Lipinski definition) is 3. The van der Waals surface area contributed by atoms with Crippen LogP contribution in [0.3, 0.4) is 0 Å². The standard InChI is InChI=1S/C13H14N2O2S/c1-17-9-5-6-10-11(7-9)14-13(18)15(12(10)16)8-3-2-4-8/h5-8H,2-4H2,1H3,(H,14,18). The molecule has 5 heteroatoms. The van der Waals surface area contributed by atoms with Gasteiger partial charge in [0.15, 0.2) is 4.77 Å². The highest BCUT2D eigenvalue weighted by Gasteiger charge is 2.22. The Morgan fingerprint density at radius 1 is 1.44 bits per heavy atom. The second kappa shape index (κ2) is 4.24. The molecular weight excluding hydrogens is 248 g/mol. The second-order valence-electron chi connectivity index (χ2n) is 4.60. The number of nitrogens with one attached hydrogen (secondary N) is 1. The van der Waals surface area contributed by atoms with Gasteiger partial charge >= 0.3 is 0 Å². The predicted molar refractivity (Wildman–Crippen MR) is 72.8 cm³/mol. The van der Waals surface area contributed by atoms with Crippen molar-refractivity contribution in [1.29, 1.82) is 0 Å². The Balaban J connectivity index is 2.28. The summed E-state index contributed by atoms with van der Waals surface area (Å²) < 4.78 is 7.37. The molecular formula is C13H14N2O2S. The van der Waals surface area contributed by atoms with E-state index in [2.05, 4.69) is 4.98 Å². The Morgan fingerprint density at radius 3 is 2.83 bits per heavy atom. The van der Waals surface area contributed by atoms with Gasteiger partial charge in [0, 0.05) is 12.1 Å². The fourth-order valence-corrected chi connectivity index (χ4v) is 2.66. The highest BCUT2D eigenvalue weighted by Crippen LogP contribution is 2.30. The number of benzene rings is 1. The summed E-state index contributed by atoms with van der Waals surface area (Å²) in [5.74, 6) is 0.717. The zero-order chi connectivity index (χ0) is 12.7. The Bertz CT molecular complexity index is 713. The van der Waals surface area contributed by atoms with E-state index in [0.717, 1.165) is 18.4 Å². The van der Waals surface area contributed by atoms with Gasteiger partial charge in [-0.05, 0) is 43.6 Å². The van der Waals surface area contributed by atoms with Gasteiger partial charge in [0.2, 0.25) is 0 Å². The van der Waals surface area contributed by atoms with Crippen LogP contribution >= 0.6 is 12.2 Å². The highest BCUT2D eigenvalue weighted by atomic mass is 32.1. The quantitative estimate of drug-likeness (QED) is 0.847. The van der Waals surface area contributed by atoms with Crippen molar-refractivity contribution >= 4 is 23.1 Å². The molecule has 1 aliphatic carbocycles. The molecule has 3 rings (SSSR count). The second-order valence-corrected chi connectivity index (χ2v) is 4.99. The summed E-state index contributed by atoms with van der Waals surface area (Å²) in [4.78, 5) is 15.5. The molecule has 0 aliphatic heterocycles. The third-order valence-corrected chi connectivity index (χ3v) is 3.87. The molecule has 1 aromatic carbocycles. The molecule has 0 spiro atoms. The number of hydrogen-bond donors (Lipinski definition) is 1. The number of ether oxygens (including phenoxy) is 1. The summed E-state index contributed by atoms with van der Waals surface area (Å²) in [5.41, 5.74) is 0.737. The molecule has 94 valence electrons. The Labute approximate surface area is 109 Å². The van der Waals surface area contributed by atoms with Crippen LogP contribution < -0.4 is 10.3 Å². The smallest absolute Gasteiger partial charge is 0.262 e. The van der Waals surface area contributed by atoms with Crippen LogP contribution in [-0.2, 0) is 0 Å². The van der Waals surface area contributed by atoms with Crippen LogP contribution in [0, 0.1) is 4.77 Å². The molecule has 0 bridgehead atoms. The molecule has 0 atom stereocenters. The number of fused-ring (bicyclic) bond motifs is 1. The molecule has 1 heterocycles. The topological polar surface area (TPSA) is 47.0 Å². The lowest BCUT2D eigenvalue weighted by molar-refractivity contribution is 0.302. The van der Waals surface area contributed by atoms with E-state index in [4.69, 9.17) is 17.0 Å². The summed E-state index contributed by atoms with van der Waals surface area (Å²) >= 11 is 5.29. The lowest BCUT2D eigenvalue weighted by atomic mass is 9.93. The summed E-state index contributed by atoms with van der Waals surface area (Å²) in [7, 11) is 1.60. The minimum Gasteiger partial charge on any atom is -0.497 e. The first kappa shape index (κ1) is 11.5. The van der Waals surface area contributed by atoms with Crippen molar-refractivity contribution in [3.63, 3.8) is 0 Å². The van der Waals surface area contributed by atoms with Gasteiger partial charge in [-0.15, -0.1) is 0 Å². The molecule has 4 nitrogen and oxygen atoms in total. The van der Waals surface area contributed by atoms with Gasteiger partial charge < -0.3 is 9.72 Å². The van der Waals surface area contributed by atoms with Crippen LogP contribution in [0.25, 0.3) is 10.9 Å². The average Bonchev–Trinajstić information content (AvgIpc) is 2.31. The highest BCUT2D eigenvalue weighted by molar-refractivity contribution is 7.71. The summed E-state index contributed by atoms with van der Waals surface area (Å²) in [5, 5.41) is 0.663. The number of methoxy groups -OCH3 is 1. The summed E-state index contributed by atoms with van der Waals surface area (Å²) in [6, 6.07) is 5.66. The van der Waals surface area contributed by atoms with E-state index >= 15 is 0 Å². The zero-order valence-electron chi connectivity index (χ0n) is 10.1. The van der Waals surface area contributed by atoms with Crippen molar-refractivity contribution in [2.75, 3.05) is 7.11 Å². The maximum Gasteiger partial charge on any atom is 0.262 e. The van der Waals surface area contributed by atoms with Crippen molar-refractivity contribution in [3.8, 4) is 5.75 Å². The Morgan fingerprint density at radius 2 is 2.22 bits per heavy atom. The van der Waals surface area contributed by atoms with Gasteiger partial charge in [0.1, 0.15) is 5.75 Å². The van der Waals surface area contributed by atoms with E-state index in [1.165, 1.54) is 6.42 Å². The fourth-order valence-electron chi connectivity index (χ4n) is 2.31. The molecule has 1 fully saturated rings. The first-order valence-corrected chi connectivity index (χ1v) is 6.44. The van der Waals surface area contributed by atoms with E-state index in [1.54, 1.807) is 29.9 Å². The SMILES string of the molecule is COc1ccc2c(=O)n(C3CCC3)c(=S)[nH]c2c1. The molecule has 0 unspecified atom stereocenters. The van der Waals surface area contributed by atoms with E-state index in [-0.39, 0.29) is 11.6 Å². The van der Waals surface area contributed by atoms with E-state index in [1.807, 2.05) is 0 Å². The minimum absolute atomic E-state index is 0.00102. The molecule has 0 saturated heterocycles. The van der Waals surface area contributed by atoms with Gasteiger partial charge in [0.25, 0.3) is 5.56 Å². The van der Waals surface area contributed by atoms with Crippen molar-refractivity contribution in [2.45, 2.75) is 25.3 Å². The first-order valence-electron chi connectivity index (χ1n) is 6.03. The maximum atomic E-state index is 12.4. The van der Waals surface area contributed by atoms with E-state index in [0.29, 0.717) is 15.9 Å². The molecule has 1 aliphatic rings. The van der Waals surface area contributed by atoms with Crippen molar-refractivity contribution in [1.82, 2.24) is 9.55 Å². The molecule has 1 N–H and O–H groups in total. The Hall–Kier alpha value is -1.62. The third-order valence-electron chi connectivity index (χ3n) is 3.58. The summed E-state index contributed by atoms with van der Waals surface area (Å²) in [6.45, 7) is 0. The lowest BCUT2D eigenvalue weighted by Gasteiger charge is -2.27. The number of aromatic amines is 1. The molecule has 0 amide bonds. The number of H-pyrrole nitrogens is 1. The molecule has 1 aromatic heterocycles. The van der Waals surface area contributed by atoms with Crippen LogP contribution in [-0.4, -0.2) is 16.7 Å². The van der Waals surface area contributed by atoms with Gasteiger partial charge in [-0.2, -0.15) is 0 Å². The van der Waals surface area contributed by atoms with Crippen LogP contribution in [0.4, 0.5) is 0 Å². The largest absolute Gasteiger partial charge is 0.497 e. The van der Waals surface area contributed by atoms with Gasteiger partial charge in [-0.1, -0.05) is 0 Å². The monoisotopic (exact) mass is 262 g/mol. The number of rotatable bonds is 2. The predicted octanol–water partition coefficient (Wildman–Crippen LogP) is 2.79. The molecule has 1 saturated carbocycles. The van der Waals surface area contributed by atoms with Crippen LogP contribution in [0.15, 0.2) is 23.0 Å². The minimum atomic E-state index is 0.00102. The molecule has 18 heavy (non-hydrogen) atoms. The van der Waals surface area contributed by atoms with Crippen molar-refractivity contribution in [2.24, 2.45) is 0 Å². The average molecular weight is 262 g/mol. The normalized spacial score (nSPS) is 15.6. The van der Waals surface area contributed by atoms with Crippen LogP contribution in [0.2, 0.25) is 0 Å². The van der Waals surface area contributed by atoms with E-state index in [9.17, 15) is 4.79 Å². The third kappa shape index (κ3) is 1.66. The Kier molecular flexibility index (Phi) is 2.70. The van der Waals surface area contributed by atoms with Crippen molar-refractivity contribution in [3.05, 3.63) is 33.3 Å². The van der Waals surface area contributed by atoms with E-state index < -0.39 is 0 Å². The van der Waals surface area contributed by atoms with Crippen molar-refractivity contribution < 1.29 is 4.74 Å². The van der Waals surface area contributed by atoms with Gasteiger partial charge in [-0.25, -0.2) is 0 Å². The molecule has 0 radical (unpaired) electrons. The van der Waals surface area contributed by atoms with Crippen LogP contribution in [0.1, 0.15) is 25.3 Å². The first-order chi connectivity index (χ1) is 8.70. The lowest BCUT2D eigenvalue weighted by Crippen LogP contribution is -2.30. The maximum absolute atomic E-state index is 12.4. The number of nitrogens with zero attached hydrogens (tertiary/aromatic N) is 1. The van der Waals surface area contributed by atoms with Crippen LogP contribution in [0.5, 0.6) is 5.75 Å². The summed E-state index contributed by atoms with van der Waals surface area (Å²) in [6.07, 6.45) is 3.25. The van der Waals surface area contributed by atoms with Gasteiger partial charge in [-0.3, -0.25) is 9.36 Å². The fraction of sp³-hybridized carbons (Fsp3) is 0.385. The van der Waals surface area contributed by atoms with Gasteiger partial charge in [0.05, 0.1) is 18.0 Å². The zero-order valence-corrected chi connectivity index (χ0v) is 10.9. The molecule has 2 aromatic rings.